The summed E-state index contributed by atoms with van der Waals surface area (Å²) in [5, 5.41) is 10.5. The predicted molar refractivity (Wildman–Crippen MR) is 74.1 cm³/mol. The summed E-state index contributed by atoms with van der Waals surface area (Å²) in [5.41, 5.74) is 0. The Morgan fingerprint density at radius 1 is 1.30 bits per heavy atom. The van der Waals surface area contributed by atoms with Crippen LogP contribution in [0.25, 0.3) is 0 Å². The number of imidazole rings is 1. The summed E-state index contributed by atoms with van der Waals surface area (Å²) in [5.74, 6) is 1.18. The standard InChI is InChI=1S/C13H20N6O/c1-10(2)12-14-5-9-19(12)11(3)13(20)15-4-7-18-8-6-16-17-18/h5-6,8-11H,4,7H2,1-3H3,(H,15,20)/t11-/m1/s1. The van der Waals surface area contributed by atoms with Crippen molar-refractivity contribution in [1.82, 2.24) is 29.9 Å². The lowest BCUT2D eigenvalue weighted by atomic mass is 10.2. The third kappa shape index (κ3) is 3.23. The van der Waals surface area contributed by atoms with E-state index in [2.05, 4.69) is 34.5 Å². The highest BCUT2D eigenvalue weighted by molar-refractivity contribution is 5.79. The van der Waals surface area contributed by atoms with E-state index >= 15 is 0 Å². The van der Waals surface area contributed by atoms with Crippen LogP contribution in [0.3, 0.4) is 0 Å². The van der Waals surface area contributed by atoms with Crippen LogP contribution in [0.15, 0.2) is 24.8 Å². The summed E-state index contributed by atoms with van der Waals surface area (Å²) in [6.07, 6.45) is 6.96. The first kappa shape index (κ1) is 14.2. The zero-order valence-corrected chi connectivity index (χ0v) is 12.0. The number of amides is 1. The molecule has 0 aliphatic rings. The summed E-state index contributed by atoms with van der Waals surface area (Å²) in [7, 11) is 0. The Morgan fingerprint density at radius 3 is 2.75 bits per heavy atom. The zero-order chi connectivity index (χ0) is 14.5. The first-order valence-electron chi connectivity index (χ1n) is 6.74. The van der Waals surface area contributed by atoms with Crippen LogP contribution in [0, 0.1) is 0 Å². The third-order valence-corrected chi connectivity index (χ3v) is 3.12. The van der Waals surface area contributed by atoms with E-state index in [0.717, 1.165) is 5.82 Å². The molecule has 0 bridgehead atoms. The molecular weight excluding hydrogens is 256 g/mol. The van der Waals surface area contributed by atoms with Gasteiger partial charge in [-0.05, 0) is 6.92 Å². The van der Waals surface area contributed by atoms with Crippen LogP contribution in [0.1, 0.15) is 38.6 Å². The quantitative estimate of drug-likeness (QED) is 0.853. The number of aromatic nitrogens is 5. The van der Waals surface area contributed by atoms with Crippen molar-refractivity contribution >= 4 is 5.91 Å². The Balaban J connectivity index is 1.90. The Bertz CT molecular complexity index is 545. The molecule has 2 heterocycles. The summed E-state index contributed by atoms with van der Waals surface area (Å²) in [6, 6.07) is -0.273. The normalized spacial score (nSPS) is 12.6. The van der Waals surface area contributed by atoms with E-state index < -0.39 is 0 Å². The van der Waals surface area contributed by atoms with Gasteiger partial charge < -0.3 is 9.88 Å². The lowest BCUT2D eigenvalue weighted by Gasteiger charge is -2.17. The van der Waals surface area contributed by atoms with Gasteiger partial charge in [0, 0.05) is 31.1 Å². The largest absolute Gasteiger partial charge is 0.352 e. The zero-order valence-electron chi connectivity index (χ0n) is 12.0. The van der Waals surface area contributed by atoms with Gasteiger partial charge in [-0.15, -0.1) is 5.10 Å². The van der Waals surface area contributed by atoms with E-state index in [0.29, 0.717) is 13.1 Å². The van der Waals surface area contributed by atoms with Gasteiger partial charge in [0.05, 0.1) is 12.7 Å². The van der Waals surface area contributed by atoms with Gasteiger partial charge in [-0.25, -0.2) is 4.98 Å². The monoisotopic (exact) mass is 276 g/mol. The van der Waals surface area contributed by atoms with Gasteiger partial charge in [-0.3, -0.25) is 9.48 Å². The van der Waals surface area contributed by atoms with Gasteiger partial charge in [0.25, 0.3) is 0 Å². The van der Waals surface area contributed by atoms with Crippen molar-refractivity contribution in [2.75, 3.05) is 6.54 Å². The van der Waals surface area contributed by atoms with Gasteiger partial charge in [-0.1, -0.05) is 19.1 Å². The second-order valence-corrected chi connectivity index (χ2v) is 4.98. The van der Waals surface area contributed by atoms with Crippen molar-refractivity contribution in [3.05, 3.63) is 30.6 Å². The van der Waals surface area contributed by atoms with Crippen molar-refractivity contribution < 1.29 is 4.79 Å². The molecule has 0 radical (unpaired) electrons. The van der Waals surface area contributed by atoms with E-state index in [4.69, 9.17) is 0 Å². The number of nitrogens with one attached hydrogen (secondary N) is 1. The van der Waals surface area contributed by atoms with Gasteiger partial charge in [0.2, 0.25) is 5.91 Å². The van der Waals surface area contributed by atoms with Crippen molar-refractivity contribution in [3.63, 3.8) is 0 Å². The fraction of sp³-hybridized carbons (Fsp3) is 0.538. The molecule has 1 atom stereocenters. The number of carbonyl (C=O) groups excluding carboxylic acids is 1. The Labute approximate surface area is 118 Å². The van der Waals surface area contributed by atoms with Crippen LogP contribution >= 0.6 is 0 Å². The summed E-state index contributed by atoms with van der Waals surface area (Å²) in [6.45, 7) is 7.14. The molecule has 0 saturated heterocycles. The SMILES string of the molecule is CC(C)c1nccn1[C@H](C)C(=O)NCCn1ccnn1. The maximum atomic E-state index is 12.1. The smallest absolute Gasteiger partial charge is 0.242 e. The van der Waals surface area contributed by atoms with Gasteiger partial charge in [-0.2, -0.15) is 0 Å². The molecular formula is C13H20N6O. The van der Waals surface area contributed by atoms with Crippen LogP contribution in [0.4, 0.5) is 0 Å². The summed E-state index contributed by atoms with van der Waals surface area (Å²) >= 11 is 0. The lowest BCUT2D eigenvalue weighted by molar-refractivity contribution is -0.123. The second kappa shape index (κ2) is 6.31. The molecule has 0 spiro atoms. The van der Waals surface area contributed by atoms with E-state index in [1.54, 1.807) is 23.3 Å². The predicted octanol–water partition coefficient (Wildman–Crippen LogP) is 0.975. The number of hydrogen-bond donors (Lipinski definition) is 1. The third-order valence-electron chi connectivity index (χ3n) is 3.12. The topological polar surface area (TPSA) is 77.6 Å². The molecule has 20 heavy (non-hydrogen) atoms. The van der Waals surface area contributed by atoms with Crippen molar-refractivity contribution in [1.29, 1.82) is 0 Å². The Hall–Kier alpha value is -2.18. The molecule has 0 aromatic carbocycles. The van der Waals surface area contributed by atoms with Crippen LogP contribution in [-0.4, -0.2) is 37.0 Å². The molecule has 108 valence electrons. The highest BCUT2D eigenvalue weighted by Gasteiger charge is 2.18. The molecule has 0 aliphatic heterocycles. The van der Waals surface area contributed by atoms with E-state index in [9.17, 15) is 4.79 Å². The van der Waals surface area contributed by atoms with Gasteiger partial charge in [0.1, 0.15) is 11.9 Å². The Kier molecular flexibility index (Phi) is 4.49. The molecule has 1 amide bonds. The molecule has 7 nitrogen and oxygen atoms in total. The van der Waals surface area contributed by atoms with Crippen LogP contribution in [0.5, 0.6) is 0 Å². The number of carbonyl (C=O) groups is 1. The second-order valence-electron chi connectivity index (χ2n) is 4.98. The fourth-order valence-electron chi connectivity index (χ4n) is 2.02. The minimum Gasteiger partial charge on any atom is -0.352 e. The first-order valence-corrected chi connectivity index (χ1v) is 6.74. The molecule has 2 rings (SSSR count). The number of rotatable bonds is 6. The molecule has 7 heteroatoms. The first-order chi connectivity index (χ1) is 9.59. The fourth-order valence-corrected chi connectivity index (χ4v) is 2.02. The van der Waals surface area contributed by atoms with Crippen LogP contribution < -0.4 is 5.32 Å². The summed E-state index contributed by atoms with van der Waals surface area (Å²) < 4.78 is 3.59. The maximum Gasteiger partial charge on any atom is 0.242 e. The molecule has 0 unspecified atom stereocenters. The minimum absolute atomic E-state index is 0.0231. The van der Waals surface area contributed by atoms with E-state index in [1.807, 2.05) is 17.7 Å². The average molecular weight is 276 g/mol. The lowest BCUT2D eigenvalue weighted by Crippen LogP contribution is -2.33. The van der Waals surface area contributed by atoms with Gasteiger partial charge >= 0.3 is 0 Å². The van der Waals surface area contributed by atoms with E-state index in [1.165, 1.54) is 0 Å². The maximum absolute atomic E-state index is 12.1. The van der Waals surface area contributed by atoms with Crippen molar-refractivity contribution in [2.24, 2.45) is 0 Å². The molecule has 0 aliphatic carbocycles. The average Bonchev–Trinajstić information content (AvgIpc) is 3.08. The molecule has 2 aromatic rings. The molecule has 0 fully saturated rings. The van der Waals surface area contributed by atoms with Crippen LogP contribution in [-0.2, 0) is 11.3 Å². The molecule has 0 saturated carbocycles. The van der Waals surface area contributed by atoms with E-state index in [-0.39, 0.29) is 17.9 Å². The minimum atomic E-state index is -0.273. The number of nitrogens with zero attached hydrogens (tertiary/aromatic N) is 5. The number of hydrogen-bond acceptors (Lipinski definition) is 4. The molecule has 2 aromatic heterocycles. The van der Waals surface area contributed by atoms with Crippen LogP contribution in [0.2, 0.25) is 0 Å². The highest BCUT2D eigenvalue weighted by atomic mass is 16.2. The Morgan fingerprint density at radius 2 is 2.10 bits per heavy atom. The van der Waals surface area contributed by atoms with Gasteiger partial charge in [0.15, 0.2) is 0 Å². The molecule has 1 N–H and O–H groups in total. The van der Waals surface area contributed by atoms with Crippen molar-refractivity contribution in [3.8, 4) is 0 Å². The van der Waals surface area contributed by atoms with Crippen molar-refractivity contribution in [2.45, 2.75) is 39.3 Å². The summed E-state index contributed by atoms with van der Waals surface area (Å²) in [4.78, 5) is 16.4. The highest BCUT2D eigenvalue weighted by Crippen LogP contribution is 2.16.